The molecule has 6 heteroatoms. The van der Waals surface area contributed by atoms with E-state index in [2.05, 4.69) is 34.3 Å². The molecule has 0 amide bonds. The van der Waals surface area contributed by atoms with Gasteiger partial charge in [-0.3, -0.25) is 4.98 Å². The molecule has 2 atom stereocenters. The predicted octanol–water partition coefficient (Wildman–Crippen LogP) is 2.50. The van der Waals surface area contributed by atoms with E-state index in [1.807, 2.05) is 24.0 Å². The largest absolute Gasteiger partial charge is 0.339 e. The maximum absolute atomic E-state index is 5.54. The van der Waals surface area contributed by atoms with Gasteiger partial charge in [0, 0.05) is 35.5 Å². The zero-order chi connectivity index (χ0) is 14.7. The SMILES string of the molecule is CCNC1CSCC1c1nc(-c2ccncc2CC)no1. The van der Waals surface area contributed by atoms with Crippen molar-refractivity contribution in [2.45, 2.75) is 32.2 Å². The standard InChI is InChI=1S/C15H20N4OS/c1-3-10-7-16-6-5-11(10)14-18-15(20-19-14)12-8-21-9-13(12)17-4-2/h5-7,12-13,17H,3-4,8-9H2,1-2H3. The molecule has 0 saturated carbocycles. The zero-order valence-corrected chi connectivity index (χ0v) is 13.2. The third-order valence-corrected chi connectivity index (χ3v) is 5.02. The molecule has 112 valence electrons. The normalized spacial score (nSPS) is 21.8. The topological polar surface area (TPSA) is 63.8 Å². The molecule has 1 saturated heterocycles. The van der Waals surface area contributed by atoms with Crippen LogP contribution >= 0.6 is 11.8 Å². The lowest BCUT2D eigenvalue weighted by atomic mass is 10.0. The Morgan fingerprint density at radius 2 is 2.29 bits per heavy atom. The Hall–Kier alpha value is -1.40. The van der Waals surface area contributed by atoms with Crippen LogP contribution in [0.1, 0.15) is 31.2 Å². The lowest BCUT2D eigenvalue weighted by molar-refractivity contribution is 0.340. The lowest BCUT2D eigenvalue weighted by Gasteiger charge is -2.15. The Morgan fingerprint density at radius 1 is 1.38 bits per heavy atom. The maximum Gasteiger partial charge on any atom is 0.232 e. The van der Waals surface area contributed by atoms with Crippen LogP contribution in [0.4, 0.5) is 0 Å². The lowest BCUT2D eigenvalue weighted by Crippen LogP contribution is -2.34. The fourth-order valence-electron chi connectivity index (χ4n) is 2.68. The van der Waals surface area contributed by atoms with Crippen molar-refractivity contribution in [3.8, 4) is 11.4 Å². The quantitative estimate of drug-likeness (QED) is 0.915. The van der Waals surface area contributed by atoms with Gasteiger partial charge < -0.3 is 9.84 Å². The van der Waals surface area contributed by atoms with E-state index in [1.54, 1.807) is 6.20 Å². The van der Waals surface area contributed by atoms with Crippen LogP contribution in [0.2, 0.25) is 0 Å². The second-order valence-corrected chi connectivity index (χ2v) is 6.23. The van der Waals surface area contributed by atoms with Gasteiger partial charge in [-0.05, 0) is 24.6 Å². The van der Waals surface area contributed by atoms with Crippen LogP contribution in [-0.2, 0) is 6.42 Å². The maximum atomic E-state index is 5.54. The molecule has 1 aliphatic heterocycles. The Labute approximate surface area is 128 Å². The summed E-state index contributed by atoms with van der Waals surface area (Å²) in [7, 11) is 0. The van der Waals surface area contributed by atoms with Crippen LogP contribution in [0, 0.1) is 0 Å². The first-order valence-electron chi connectivity index (χ1n) is 7.41. The van der Waals surface area contributed by atoms with E-state index >= 15 is 0 Å². The molecular weight excluding hydrogens is 284 g/mol. The Balaban J connectivity index is 1.86. The summed E-state index contributed by atoms with van der Waals surface area (Å²) in [6.07, 6.45) is 4.56. The van der Waals surface area contributed by atoms with E-state index in [0.717, 1.165) is 41.5 Å². The van der Waals surface area contributed by atoms with Crippen molar-refractivity contribution in [1.82, 2.24) is 20.4 Å². The van der Waals surface area contributed by atoms with E-state index in [-0.39, 0.29) is 0 Å². The minimum atomic E-state index is 0.308. The third-order valence-electron chi connectivity index (χ3n) is 3.83. The Bertz CT molecular complexity index is 601. The van der Waals surface area contributed by atoms with E-state index in [0.29, 0.717) is 17.8 Å². The van der Waals surface area contributed by atoms with Crippen molar-refractivity contribution in [2.24, 2.45) is 0 Å². The summed E-state index contributed by atoms with van der Waals surface area (Å²) < 4.78 is 5.54. The summed E-state index contributed by atoms with van der Waals surface area (Å²) >= 11 is 1.94. The molecule has 0 radical (unpaired) electrons. The summed E-state index contributed by atoms with van der Waals surface area (Å²) in [5.74, 6) is 3.88. The molecule has 0 aromatic carbocycles. The van der Waals surface area contributed by atoms with Gasteiger partial charge in [-0.2, -0.15) is 16.7 Å². The number of pyridine rings is 1. The third kappa shape index (κ3) is 2.96. The molecule has 5 nitrogen and oxygen atoms in total. The number of rotatable bonds is 5. The molecule has 3 heterocycles. The number of thioether (sulfide) groups is 1. The van der Waals surface area contributed by atoms with Gasteiger partial charge in [0.2, 0.25) is 11.7 Å². The van der Waals surface area contributed by atoms with Gasteiger partial charge in [-0.15, -0.1) is 0 Å². The molecule has 2 aromatic heterocycles. The summed E-state index contributed by atoms with van der Waals surface area (Å²) in [4.78, 5) is 8.81. The minimum Gasteiger partial charge on any atom is -0.339 e. The molecule has 3 rings (SSSR count). The fraction of sp³-hybridized carbons (Fsp3) is 0.533. The monoisotopic (exact) mass is 304 g/mol. The van der Waals surface area contributed by atoms with Gasteiger partial charge >= 0.3 is 0 Å². The summed E-state index contributed by atoms with van der Waals surface area (Å²) in [6, 6.07) is 2.38. The van der Waals surface area contributed by atoms with Crippen LogP contribution in [0.15, 0.2) is 23.0 Å². The van der Waals surface area contributed by atoms with E-state index in [1.165, 1.54) is 0 Å². The summed E-state index contributed by atoms with van der Waals surface area (Å²) in [6.45, 7) is 5.20. The highest BCUT2D eigenvalue weighted by Gasteiger charge is 2.33. The zero-order valence-electron chi connectivity index (χ0n) is 12.4. The number of aryl methyl sites for hydroxylation is 1. The molecule has 1 fully saturated rings. The van der Waals surface area contributed by atoms with Crippen molar-refractivity contribution in [1.29, 1.82) is 0 Å². The van der Waals surface area contributed by atoms with Crippen LogP contribution < -0.4 is 5.32 Å². The average Bonchev–Trinajstić information content (AvgIpc) is 3.16. The van der Waals surface area contributed by atoms with Crippen molar-refractivity contribution >= 4 is 11.8 Å². The van der Waals surface area contributed by atoms with E-state index in [9.17, 15) is 0 Å². The second kappa shape index (κ2) is 6.58. The van der Waals surface area contributed by atoms with Crippen LogP contribution in [0.5, 0.6) is 0 Å². The summed E-state index contributed by atoms with van der Waals surface area (Å²) in [5.41, 5.74) is 2.17. The van der Waals surface area contributed by atoms with Gasteiger partial charge in [0.1, 0.15) is 0 Å². The average molecular weight is 304 g/mol. The van der Waals surface area contributed by atoms with Crippen LogP contribution in [0.25, 0.3) is 11.4 Å². The van der Waals surface area contributed by atoms with Crippen molar-refractivity contribution in [3.63, 3.8) is 0 Å². The highest BCUT2D eigenvalue weighted by atomic mass is 32.2. The molecule has 2 aromatic rings. The number of hydrogen-bond donors (Lipinski definition) is 1. The molecule has 21 heavy (non-hydrogen) atoms. The number of aromatic nitrogens is 3. The van der Waals surface area contributed by atoms with Gasteiger partial charge in [-0.25, -0.2) is 0 Å². The molecule has 1 aliphatic rings. The van der Waals surface area contributed by atoms with Crippen LogP contribution in [0.3, 0.4) is 0 Å². The highest BCUT2D eigenvalue weighted by Crippen LogP contribution is 2.33. The van der Waals surface area contributed by atoms with Crippen molar-refractivity contribution in [2.75, 3.05) is 18.1 Å². The van der Waals surface area contributed by atoms with Gasteiger partial charge in [0.15, 0.2) is 0 Å². The number of hydrogen-bond acceptors (Lipinski definition) is 6. The van der Waals surface area contributed by atoms with Crippen LogP contribution in [-0.4, -0.2) is 39.2 Å². The second-order valence-electron chi connectivity index (χ2n) is 5.15. The molecule has 0 aliphatic carbocycles. The Kier molecular flexibility index (Phi) is 4.55. The minimum absolute atomic E-state index is 0.308. The first-order chi connectivity index (χ1) is 10.3. The Morgan fingerprint density at radius 3 is 3.10 bits per heavy atom. The van der Waals surface area contributed by atoms with Crippen molar-refractivity contribution < 1.29 is 4.52 Å². The van der Waals surface area contributed by atoms with Gasteiger partial charge in [-0.1, -0.05) is 19.0 Å². The molecule has 1 N–H and O–H groups in total. The number of likely N-dealkylation sites (N-methyl/N-ethyl adjacent to an activating group) is 1. The first kappa shape index (κ1) is 14.5. The van der Waals surface area contributed by atoms with Gasteiger partial charge in [0.05, 0.1) is 5.92 Å². The smallest absolute Gasteiger partial charge is 0.232 e. The number of nitrogens with zero attached hydrogens (tertiary/aromatic N) is 3. The molecule has 0 spiro atoms. The van der Waals surface area contributed by atoms with Gasteiger partial charge in [0.25, 0.3) is 0 Å². The molecule has 0 bridgehead atoms. The number of nitrogens with one attached hydrogen (secondary N) is 1. The van der Waals surface area contributed by atoms with E-state index < -0.39 is 0 Å². The summed E-state index contributed by atoms with van der Waals surface area (Å²) in [5, 5.41) is 7.69. The fourth-order valence-corrected chi connectivity index (χ4v) is 4.05. The first-order valence-corrected chi connectivity index (χ1v) is 8.57. The van der Waals surface area contributed by atoms with E-state index in [4.69, 9.17) is 4.52 Å². The molecular formula is C15H20N4OS. The van der Waals surface area contributed by atoms with Crippen molar-refractivity contribution in [3.05, 3.63) is 29.9 Å². The molecule has 2 unspecified atom stereocenters. The highest BCUT2D eigenvalue weighted by molar-refractivity contribution is 7.99. The predicted molar refractivity (Wildman–Crippen MR) is 84.4 cm³/mol.